The fourth-order valence-electron chi connectivity index (χ4n) is 2.44. The molecule has 1 heterocycles. The summed E-state index contributed by atoms with van der Waals surface area (Å²) in [5.41, 5.74) is -0.187. The van der Waals surface area contributed by atoms with Crippen molar-refractivity contribution in [3.63, 3.8) is 0 Å². The molecule has 0 bridgehead atoms. The smallest absolute Gasteiger partial charge is 0.225 e. The second-order valence-corrected chi connectivity index (χ2v) is 6.43. The topological polar surface area (TPSA) is 49.4 Å². The summed E-state index contributed by atoms with van der Waals surface area (Å²) in [6.07, 6.45) is 4.97. The summed E-state index contributed by atoms with van der Waals surface area (Å²) in [5.74, 6) is -0.0341. The average Bonchev–Trinajstić information content (AvgIpc) is 2.70. The molecule has 1 rings (SSSR count). The van der Waals surface area contributed by atoms with Gasteiger partial charge in [0.05, 0.1) is 5.92 Å². The van der Waals surface area contributed by atoms with Gasteiger partial charge in [0.15, 0.2) is 0 Å². The first-order valence-corrected chi connectivity index (χ1v) is 7.44. The van der Waals surface area contributed by atoms with E-state index in [0.717, 1.165) is 19.4 Å². The van der Waals surface area contributed by atoms with Crippen LogP contribution in [0.5, 0.6) is 0 Å². The lowest BCUT2D eigenvalue weighted by atomic mass is 10.1. The molecule has 2 amide bonds. The molecule has 0 radical (unpaired) electrons. The van der Waals surface area contributed by atoms with Gasteiger partial charge in [-0.3, -0.25) is 9.59 Å². The number of unbranched alkanes of at least 4 members (excludes halogenated alkanes) is 3. The van der Waals surface area contributed by atoms with E-state index in [1.54, 1.807) is 0 Å². The number of amides is 2. The summed E-state index contributed by atoms with van der Waals surface area (Å²) >= 11 is 0. The predicted molar refractivity (Wildman–Crippen MR) is 76.7 cm³/mol. The van der Waals surface area contributed by atoms with Gasteiger partial charge in [0.25, 0.3) is 0 Å². The lowest BCUT2D eigenvalue weighted by Crippen LogP contribution is -2.43. The van der Waals surface area contributed by atoms with Crippen LogP contribution in [0.1, 0.15) is 59.8 Å². The third kappa shape index (κ3) is 4.84. The van der Waals surface area contributed by atoms with Crippen molar-refractivity contribution in [3.8, 4) is 0 Å². The standard InChI is InChI=1S/C15H28N2O2/c1-5-6-7-8-9-16-14(19)12-10-13(18)17(11-12)15(2,3)4/h12H,5-11H2,1-4H3,(H,16,19). The zero-order valence-electron chi connectivity index (χ0n) is 12.8. The highest BCUT2D eigenvalue weighted by Crippen LogP contribution is 2.25. The number of nitrogens with one attached hydrogen (secondary N) is 1. The Kier molecular flexibility index (Phi) is 5.83. The Morgan fingerprint density at radius 1 is 1.32 bits per heavy atom. The molecular weight excluding hydrogens is 240 g/mol. The molecule has 19 heavy (non-hydrogen) atoms. The van der Waals surface area contributed by atoms with Crippen molar-refractivity contribution in [3.05, 3.63) is 0 Å². The number of rotatable bonds is 6. The molecule has 0 aromatic rings. The van der Waals surface area contributed by atoms with Gasteiger partial charge in [0, 0.05) is 25.0 Å². The Bertz CT molecular complexity index is 321. The lowest BCUT2D eigenvalue weighted by Gasteiger charge is -2.31. The van der Waals surface area contributed by atoms with Gasteiger partial charge in [-0.15, -0.1) is 0 Å². The second kappa shape index (κ2) is 6.92. The SMILES string of the molecule is CCCCCCNC(=O)C1CC(=O)N(C(C)(C)C)C1. The molecule has 1 fully saturated rings. The molecule has 4 heteroatoms. The molecule has 0 spiro atoms. The van der Waals surface area contributed by atoms with Crippen LogP contribution in [-0.2, 0) is 9.59 Å². The molecule has 0 aromatic heterocycles. The minimum atomic E-state index is -0.187. The van der Waals surface area contributed by atoms with Gasteiger partial charge in [0.2, 0.25) is 11.8 Å². The monoisotopic (exact) mass is 268 g/mol. The van der Waals surface area contributed by atoms with Crippen LogP contribution in [0.3, 0.4) is 0 Å². The zero-order chi connectivity index (χ0) is 14.5. The summed E-state index contributed by atoms with van der Waals surface area (Å²) in [7, 11) is 0. The van der Waals surface area contributed by atoms with E-state index in [1.807, 2.05) is 25.7 Å². The largest absolute Gasteiger partial charge is 0.356 e. The Balaban J connectivity index is 2.33. The van der Waals surface area contributed by atoms with Crippen molar-refractivity contribution in [2.75, 3.05) is 13.1 Å². The van der Waals surface area contributed by atoms with Crippen molar-refractivity contribution >= 4 is 11.8 Å². The first-order chi connectivity index (χ1) is 8.86. The highest BCUT2D eigenvalue weighted by Gasteiger charge is 2.39. The fourth-order valence-corrected chi connectivity index (χ4v) is 2.44. The highest BCUT2D eigenvalue weighted by atomic mass is 16.2. The Morgan fingerprint density at radius 3 is 2.53 bits per heavy atom. The third-order valence-corrected chi connectivity index (χ3v) is 3.64. The van der Waals surface area contributed by atoms with Crippen molar-refractivity contribution in [2.24, 2.45) is 5.92 Å². The van der Waals surface area contributed by atoms with E-state index in [2.05, 4.69) is 12.2 Å². The maximum absolute atomic E-state index is 12.0. The van der Waals surface area contributed by atoms with Gasteiger partial charge in [-0.05, 0) is 27.2 Å². The van der Waals surface area contributed by atoms with E-state index in [-0.39, 0.29) is 23.3 Å². The van der Waals surface area contributed by atoms with Gasteiger partial charge >= 0.3 is 0 Å². The van der Waals surface area contributed by atoms with E-state index >= 15 is 0 Å². The quantitative estimate of drug-likeness (QED) is 0.752. The molecule has 0 aliphatic carbocycles. The van der Waals surface area contributed by atoms with Gasteiger partial charge in [-0.2, -0.15) is 0 Å². The van der Waals surface area contributed by atoms with Crippen molar-refractivity contribution in [1.29, 1.82) is 0 Å². The Labute approximate surface area is 116 Å². The van der Waals surface area contributed by atoms with Crippen LogP contribution in [0.4, 0.5) is 0 Å². The molecule has 1 unspecified atom stereocenters. The van der Waals surface area contributed by atoms with Crippen LogP contribution in [0.25, 0.3) is 0 Å². The van der Waals surface area contributed by atoms with Crippen molar-refractivity contribution in [1.82, 2.24) is 10.2 Å². The van der Waals surface area contributed by atoms with Gasteiger partial charge in [-0.25, -0.2) is 0 Å². The fraction of sp³-hybridized carbons (Fsp3) is 0.867. The van der Waals surface area contributed by atoms with Crippen LogP contribution in [0.2, 0.25) is 0 Å². The average molecular weight is 268 g/mol. The first-order valence-electron chi connectivity index (χ1n) is 7.44. The Hall–Kier alpha value is -1.06. The molecule has 0 saturated carbocycles. The van der Waals surface area contributed by atoms with Gasteiger partial charge < -0.3 is 10.2 Å². The summed E-state index contributed by atoms with van der Waals surface area (Å²) in [5, 5.41) is 2.96. The number of nitrogens with zero attached hydrogens (tertiary/aromatic N) is 1. The van der Waals surface area contributed by atoms with Crippen molar-refractivity contribution in [2.45, 2.75) is 65.3 Å². The van der Waals surface area contributed by atoms with Gasteiger partial charge in [-0.1, -0.05) is 26.2 Å². The molecule has 0 aromatic carbocycles. The molecule has 1 aliphatic heterocycles. The van der Waals surface area contributed by atoms with Gasteiger partial charge in [0.1, 0.15) is 0 Å². The third-order valence-electron chi connectivity index (χ3n) is 3.64. The summed E-state index contributed by atoms with van der Waals surface area (Å²) < 4.78 is 0. The minimum Gasteiger partial charge on any atom is -0.356 e. The number of carbonyl (C=O) groups is 2. The highest BCUT2D eigenvalue weighted by molar-refractivity contribution is 5.89. The summed E-state index contributed by atoms with van der Waals surface area (Å²) in [6.45, 7) is 9.49. The lowest BCUT2D eigenvalue weighted by molar-refractivity contribution is -0.132. The van der Waals surface area contributed by atoms with E-state index in [1.165, 1.54) is 12.8 Å². The van der Waals surface area contributed by atoms with E-state index in [0.29, 0.717) is 13.0 Å². The van der Waals surface area contributed by atoms with Crippen LogP contribution in [-0.4, -0.2) is 35.3 Å². The molecule has 1 saturated heterocycles. The minimum absolute atomic E-state index is 0.0385. The van der Waals surface area contributed by atoms with Crippen LogP contribution in [0.15, 0.2) is 0 Å². The van der Waals surface area contributed by atoms with Crippen molar-refractivity contribution < 1.29 is 9.59 Å². The number of hydrogen-bond acceptors (Lipinski definition) is 2. The summed E-state index contributed by atoms with van der Waals surface area (Å²) in [4.78, 5) is 25.7. The number of carbonyl (C=O) groups excluding carboxylic acids is 2. The van der Waals surface area contributed by atoms with Crippen LogP contribution in [0, 0.1) is 5.92 Å². The summed E-state index contributed by atoms with van der Waals surface area (Å²) in [6, 6.07) is 0. The van der Waals surface area contributed by atoms with Crippen LogP contribution < -0.4 is 5.32 Å². The first kappa shape index (κ1) is 16.0. The molecule has 4 nitrogen and oxygen atoms in total. The maximum atomic E-state index is 12.0. The number of hydrogen-bond donors (Lipinski definition) is 1. The predicted octanol–water partition coefficient (Wildman–Crippen LogP) is 2.33. The molecule has 110 valence electrons. The maximum Gasteiger partial charge on any atom is 0.225 e. The molecule has 1 aliphatic rings. The van der Waals surface area contributed by atoms with E-state index in [9.17, 15) is 9.59 Å². The second-order valence-electron chi connectivity index (χ2n) is 6.43. The van der Waals surface area contributed by atoms with E-state index in [4.69, 9.17) is 0 Å². The van der Waals surface area contributed by atoms with Crippen LogP contribution >= 0.6 is 0 Å². The van der Waals surface area contributed by atoms with E-state index < -0.39 is 0 Å². The Morgan fingerprint density at radius 2 is 2.00 bits per heavy atom. The normalized spacial score (nSPS) is 19.9. The molecule has 1 atom stereocenters. The number of likely N-dealkylation sites (tertiary alicyclic amines) is 1. The molecular formula is C15H28N2O2. The molecule has 1 N–H and O–H groups in total. The zero-order valence-corrected chi connectivity index (χ0v) is 12.8.